The number of hydrogen-bond acceptors (Lipinski definition) is 4. The number of nitrogens with zero attached hydrogens (tertiary/aromatic N) is 1. The first-order chi connectivity index (χ1) is 9.72. The third-order valence-electron chi connectivity index (χ3n) is 3.37. The van der Waals surface area contributed by atoms with Crippen LogP contribution in [0.2, 0.25) is 0 Å². The zero-order valence-electron chi connectivity index (χ0n) is 11.5. The van der Waals surface area contributed by atoms with E-state index in [1.54, 1.807) is 11.3 Å². The molecule has 2 heterocycles. The van der Waals surface area contributed by atoms with Crippen LogP contribution in [0.1, 0.15) is 21.4 Å². The van der Waals surface area contributed by atoms with E-state index in [9.17, 15) is 0 Å². The van der Waals surface area contributed by atoms with Gasteiger partial charge in [-0.15, -0.1) is 16.4 Å². The second-order valence-electron chi connectivity index (χ2n) is 4.93. The van der Waals surface area contributed by atoms with Crippen molar-refractivity contribution in [3.05, 3.63) is 69.7 Å². The molecule has 2 N–H and O–H groups in total. The number of hydrogen-bond donors (Lipinski definition) is 1. The highest BCUT2D eigenvalue weighted by atomic mass is 32.1. The van der Waals surface area contributed by atoms with Crippen LogP contribution in [0.5, 0.6) is 0 Å². The second-order valence-corrected chi connectivity index (χ2v) is 6.25. The molecule has 2 aromatic rings. The molecule has 0 saturated carbocycles. The van der Waals surface area contributed by atoms with Gasteiger partial charge in [0.25, 0.3) is 0 Å². The molecule has 1 aliphatic rings. The molecule has 1 atom stereocenters. The Morgan fingerprint density at radius 1 is 1.20 bits per heavy atom. The summed E-state index contributed by atoms with van der Waals surface area (Å²) in [6.45, 7) is 2.94. The summed E-state index contributed by atoms with van der Waals surface area (Å²) in [6.07, 6.45) is 2.93. The Balaban J connectivity index is 1.69. The van der Waals surface area contributed by atoms with Crippen LogP contribution in [-0.4, -0.2) is 11.6 Å². The Bertz CT molecular complexity index is 606. The van der Waals surface area contributed by atoms with E-state index in [1.165, 1.54) is 15.3 Å². The van der Waals surface area contributed by atoms with Gasteiger partial charge in [-0.2, -0.15) is 0 Å². The smallest absolute Gasteiger partial charge is 0.207 e. The van der Waals surface area contributed by atoms with E-state index in [0.717, 1.165) is 13.0 Å². The van der Waals surface area contributed by atoms with Crippen LogP contribution in [-0.2, 0) is 11.3 Å². The Morgan fingerprint density at radius 2 is 2.00 bits per heavy atom. The van der Waals surface area contributed by atoms with E-state index in [2.05, 4.69) is 43.3 Å². The molecule has 0 saturated heterocycles. The molecule has 1 aromatic heterocycles. The van der Waals surface area contributed by atoms with Gasteiger partial charge in [-0.25, -0.2) is 0 Å². The molecule has 3 nitrogen and oxygen atoms in total. The van der Waals surface area contributed by atoms with Gasteiger partial charge in [0.15, 0.2) is 0 Å². The summed E-state index contributed by atoms with van der Waals surface area (Å²) in [6, 6.07) is 14.9. The topological polar surface area (TPSA) is 38.5 Å². The monoisotopic (exact) mass is 286 g/mol. The molecule has 1 aliphatic heterocycles. The largest absolute Gasteiger partial charge is 0.388 e. The van der Waals surface area contributed by atoms with Crippen LogP contribution in [0.25, 0.3) is 0 Å². The number of nitrogens with two attached hydrogens (primary N) is 1. The minimum absolute atomic E-state index is 0.136. The maximum atomic E-state index is 5.83. The van der Waals surface area contributed by atoms with Crippen molar-refractivity contribution in [3.63, 3.8) is 0 Å². The molecular formula is C16H18N2OS. The van der Waals surface area contributed by atoms with Gasteiger partial charge in [-0.05, 0) is 31.0 Å². The normalized spacial score (nSPS) is 18.9. The summed E-state index contributed by atoms with van der Waals surface area (Å²) in [5.41, 5.74) is 7.14. The van der Waals surface area contributed by atoms with Gasteiger partial charge >= 0.3 is 0 Å². The van der Waals surface area contributed by atoms with Gasteiger partial charge in [0.2, 0.25) is 5.88 Å². The van der Waals surface area contributed by atoms with E-state index in [-0.39, 0.29) is 6.04 Å². The van der Waals surface area contributed by atoms with E-state index in [1.807, 2.05) is 17.2 Å². The second kappa shape index (κ2) is 5.69. The lowest BCUT2D eigenvalue weighted by Crippen LogP contribution is -2.25. The van der Waals surface area contributed by atoms with Crippen LogP contribution in [0.3, 0.4) is 0 Å². The van der Waals surface area contributed by atoms with Crippen molar-refractivity contribution in [1.29, 1.82) is 0 Å². The fourth-order valence-corrected chi connectivity index (χ4v) is 3.32. The summed E-state index contributed by atoms with van der Waals surface area (Å²) < 4.78 is 0. The minimum Gasteiger partial charge on any atom is -0.388 e. The van der Waals surface area contributed by atoms with Gasteiger partial charge in [0, 0.05) is 22.4 Å². The van der Waals surface area contributed by atoms with Crippen molar-refractivity contribution < 1.29 is 4.84 Å². The van der Waals surface area contributed by atoms with E-state index in [4.69, 9.17) is 10.6 Å². The lowest BCUT2D eigenvalue weighted by atomic mass is 10.1. The van der Waals surface area contributed by atoms with Gasteiger partial charge in [-0.3, -0.25) is 0 Å². The van der Waals surface area contributed by atoms with Gasteiger partial charge in [0.1, 0.15) is 6.04 Å². The standard InChI is InChI=1S/C16H18N2OS/c1-12-7-8-15(20-12)14-11-16(17)19-18(14)10-9-13-5-3-2-4-6-13/h2-8,11,14H,9-10,17H2,1H3. The third kappa shape index (κ3) is 2.86. The Labute approximate surface area is 123 Å². The van der Waals surface area contributed by atoms with Crippen LogP contribution in [0, 0.1) is 6.92 Å². The van der Waals surface area contributed by atoms with Crippen molar-refractivity contribution in [3.8, 4) is 0 Å². The Hall–Kier alpha value is -1.78. The van der Waals surface area contributed by atoms with Crippen molar-refractivity contribution >= 4 is 11.3 Å². The lowest BCUT2D eigenvalue weighted by Gasteiger charge is -2.21. The van der Waals surface area contributed by atoms with Crippen molar-refractivity contribution in [2.45, 2.75) is 19.4 Å². The van der Waals surface area contributed by atoms with Crippen LogP contribution < -0.4 is 5.73 Å². The number of benzene rings is 1. The van der Waals surface area contributed by atoms with Crippen LogP contribution in [0.4, 0.5) is 0 Å². The first-order valence-electron chi connectivity index (χ1n) is 6.74. The molecule has 0 radical (unpaired) electrons. The number of thiophene rings is 1. The molecule has 4 heteroatoms. The first-order valence-corrected chi connectivity index (χ1v) is 7.56. The number of hydroxylamine groups is 2. The Kier molecular flexibility index (Phi) is 3.76. The number of rotatable bonds is 4. The average molecular weight is 286 g/mol. The number of aryl methyl sites for hydroxylation is 1. The van der Waals surface area contributed by atoms with Gasteiger partial charge < -0.3 is 10.6 Å². The van der Waals surface area contributed by atoms with Crippen molar-refractivity contribution in [1.82, 2.24) is 5.06 Å². The highest BCUT2D eigenvalue weighted by Crippen LogP contribution is 2.33. The van der Waals surface area contributed by atoms with Crippen LogP contribution >= 0.6 is 11.3 Å². The van der Waals surface area contributed by atoms with Gasteiger partial charge in [0.05, 0.1) is 0 Å². The molecule has 0 spiro atoms. The maximum Gasteiger partial charge on any atom is 0.207 e. The molecule has 0 aliphatic carbocycles. The molecule has 1 aromatic carbocycles. The maximum absolute atomic E-state index is 5.83. The SMILES string of the molecule is Cc1ccc(C2C=C(N)ON2CCc2ccccc2)s1. The predicted molar refractivity (Wildman–Crippen MR) is 82.0 cm³/mol. The molecule has 3 rings (SSSR count). The highest BCUT2D eigenvalue weighted by Gasteiger charge is 2.28. The molecule has 1 unspecified atom stereocenters. The summed E-state index contributed by atoms with van der Waals surface area (Å²) in [7, 11) is 0. The van der Waals surface area contributed by atoms with Gasteiger partial charge in [-0.1, -0.05) is 30.3 Å². The summed E-state index contributed by atoms with van der Waals surface area (Å²) >= 11 is 1.79. The fraction of sp³-hybridized carbons (Fsp3) is 0.250. The molecule has 0 bridgehead atoms. The lowest BCUT2D eigenvalue weighted by molar-refractivity contribution is -0.118. The fourth-order valence-electron chi connectivity index (χ4n) is 2.37. The Morgan fingerprint density at radius 3 is 2.70 bits per heavy atom. The molecule has 20 heavy (non-hydrogen) atoms. The molecule has 0 amide bonds. The summed E-state index contributed by atoms with van der Waals surface area (Å²) in [5, 5.41) is 1.97. The van der Waals surface area contributed by atoms with E-state index >= 15 is 0 Å². The first kappa shape index (κ1) is 13.2. The van der Waals surface area contributed by atoms with Crippen LogP contribution in [0.15, 0.2) is 54.4 Å². The minimum atomic E-state index is 0.136. The van der Waals surface area contributed by atoms with E-state index in [0.29, 0.717) is 5.88 Å². The molecule has 0 fully saturated rings. The zero-order chi connectivity index (χ0) is 13.9. The zero-order valence-corrected chi connectivity index (χ0v) is 12.3. The molecular weight excluding hydrogens is 268 g/mol. The summed E-state index contributed by atoms with van der Waals surface area (Å²) in [5.74, 6) is 0.495. The predicted octanol–water partition coefficient (Wildman–Crippen LogP) is 3.39. The highest BCUT2D eigenvalue weighted by molar-refractivity contribution is 7.12. The average Bonchev–Trinajstić information content (AvgIpc) is 3.03. The van der Waals surface area contributed by atoms with Crippen molar-refractivity contribution in [2.75, 3.05) is 6.54 Å². The third-order valence-corrected chi connectivity index (χ3v) is 4.44. The van der Waals surface area contributed by atoms with E-state index < -0.39 is 0 Å². The molecule has 104 valence electrons. The van der Waals surface area contributed by atoms with Crippen molar-refractivity contribution in [2.24, 2.45) is 5.73 Å². The summed E-state index contributed by atoms with van der Waals surface area (Å²) in [4.78, 5) is 8.22. The quantitative estimate of drug-likeness (QED) is 0.936.